The Labute approximate surface area is 167 Å². The molecule has 1 aliphatic carbocycles. The molecule has 9 heteroatoms. The van der Waals surface area contributed by atoms with Gasteiger partial charge in [-0.25, -0.2) is 9.37 Å². The van der Waals surface area contributed by atoms with Crippen LogP contribution >= 0.6 is 0 Å². The second kappa shape index (κ2) is 8.04. The predicted octanol–water partition coefficient (Wildman–Crippen LogP) is 3.09. The number of anilines is 3. The number of hydrogen-bond acceptors (Lipinski definition) is 7. The van der Waals surface area contributed by atoms with Crippen molar-refractivity contribution >= 4 is 17.3 Å². The number of aromatic nitrogens is 4. The van der Waals surface area contributed by atoms with Gasteiger partial charge in [-0.15, -0.1) is 0 Å². The molecule has 2 heterocycles. The molecule has 1 aromatic carbocycles. The van der Waals surface area contributed by atoms with Gasteiger partial charge in [0, 0.05) is 12.0 Å². The maximum atomic E-state index is 15.2. The number of hydrogen-bond donors (Lipinski definition) is 4. The van der Waals surface area contributed by atoms with E-state index in [2.05, 4.69) is 25.5 Å². The molecule has 0 bridgehead atoms. The molecule has 4 rings (SSSR count). The fourth-order valence-corrected chi connectivity index (χ4v) is 3.49. The van der Waals surface area contributed by atoms with E-state index in [4.69, 9.17) is 10.5 Å². The quantitative estimate of drug-likeness (QED) is 0.482. The number of halogens is 1. The molecular formula is C20H23FN6O2. The van der Waals surface area contributed by atoms with Crippen molar-refractivity contribution in [2.75, 3.05) is 17.7 Å². The van der Waals surface area contributed by atoms with E-state index in [0.717, 1.165) is 24.1 Å². The van der Waals surface area contributed by atoms with Crippen LogP contribution in [0, 0.1) is 5.82 Å². The Balaban J connectivity index is 1.57. The lowest BCUT2D eigenvalue weighted by Gasteiger charge is -2.36. The SMILES string of the molecule is CC(O)COc1ccc(C2CC(c3cnc(N)cn3)C2)c(Nc2ccn[nH]2)c1F. The van der Waals surface area contributed by atoms with Crippen molar-refractivity contribution in [1.82, 2.24) is 20.2 Å². The summed E-state index contributed by atoms with van der Waals surface area (Å²) in [6.45, 7) is 1.60. The van der Waals surface area contributed by atoms with Crippen LogP contribution in [0.3, 0.4) is 0 Å². The molecule has 2 aromatic heterocycles. The maximum Gasteiger partial charge on any atom is 0.188 e. The van der Waals surface area contributed by atoms with Gasteiger partial charge in [0.25, 0.3) is 0 Å². The fraction of sp³-hybridized carbons (Fsp3) is 0.350. The van der Waals surface area contributed by atoms with E-state index < -0.39 is 11.9 Å². The van der Waals surface area contributed by atoms with E-state index in [1.54, 1.807) is 37.6 Å². The molecule has 1 fully saturated rings. The summed E-state index contributed by atoms with van der Waals surface area (Å²) in [5, 5.41) is 19.2. The van der Waals surface area contributed by atoms with E-state index in [1.165, 1.54) is 0 Å². The van der Waals surface area contributed by atoms with Crippen LogP contribution in [-0.2, 0) is 0 Å². The number of rotatable bonds is 7. The summed E-state index contributed by atoms with van der Waals surface area (Å²) in [4.78, 5) is 8.45. The fourth-order valence-electron chi connectivity index (χ4n) is 3.49. The number of aliphatic hydroxyl groups is 1. The van der Waals surface area contributed by atoms with Crippen LogP contribution in [0.5, 0.6) is 5.75 Å². The van der Waals surface area contributed by atoms with Crippen LogP contribution in [0.1, 0.15) is 42.9 Å². The first-order chi connectivity index (χ1) is 14.0. The molecule has 3 aromatic rings. The Kier molecular flexibility index (Phi) is 5.30. The largest absolute Gasteiger partial charge is 0.488 e. The normalized spacial score (nSPS) is 19.4. The van der Waals surface area contributed by atoms with Gasteiger partial charge in [-0.3, -0.25) is 10.1 Å². The Hall–Kier alpha value is -3.20. The van der Waals surface area contributed by atoms with Gasteiger partial charge in [0.2, 0.25) is 0 Å². The Morgan fingerprint density at radius 3 is 2.76 bits per heavy atom. The molecule has 152 valence electrons. The number of aliphatic hydroxyl groups excluding tert-OH is 1. The summed E-state index contributed by atoms with van der Waals surface area (Å²) in [6, 6.07) is 5.20. The van der Waals surface area contributed by atoms with Crippen LogP contribution in [0.25, 0.3) is 0 Å². The standard InChI is InChI=1S/C20H23FN6O2/c1-11(28)10-29-16-3-2-14(20(19(16)21)26-18-4-5-25-27-18)12-6-13(7-12)15-8-24-17(22)9-23-15/h2-5,8-9,11-13,28H,6-7,10H2,1H3,(H2,22,24)(H2,25,26,27). The van der Waals surface area contributed by atoms with Crippen molar-refractivity contribution in [3.63, 3.8) is 0 Å². The van der Waals surface area contributed by atoms with Crippen molar-refractivity contribution in [2.45, 2.75) is 37.7 Å². The predicted molar refractivity (Wildman–Crippen MR) is 107 cm³/mol. The number of benzene rings is 1. The number of nitrogens with two attached hydrogens (primary N) is 1. The van der Waals surface area contributed by atoms with Crippen molar-refractivity contribution in [1.29, 1.82) is 0 Å². The van der Waals surface area contributed by atoms with Crippen LogP contribution in [-0.4, -0.2) is 38.0 Å². The van der Waals surface area contributed by atoms with E-state index in [0.29, 0.717) is 17.3 Å². The minimum absolute atomic E-state index is 0.0150. The molecule has 0 radical (unpaired) electrons. The average molecular weight is 398 g/mol. The minimum Gasteiger partial charge on any atom is -0.488 e. The van der Waals surface area contributed by atoms with Crippen LogP contribution < -0.4 is 15.8 Å². The van der Waals surface area contributed by atoms with Crippen LogP contribution in [0.2, 0.25) is 0 Å². The van der Waals surface area contributed by atoms with Crippen molar-refractivity contribution in [3.05, 3.63) is 53.9 Å². The lowest BCUT2D eigenvalue weighted by Crippen LogP contribution is -2.22. The number of nitrogen functional groups attached to an aromatic ring is 1. The van der Waals surface area contributed by atoms with Gasteiger partial charge < -0.3 is 20.9 Å². The smallest absolute Gasteiger partial charge is 0.188 e. The molecule has 0 aliphatic heterocycles. The van der Waals surface area contributed by atoms with Gasteiger partial charge in [0.15, 0.2) is 11.6 Å². The Bertz CT molecular complexity index is 956. The highest BCUT2D eigenvalue weighted by molar-refractivity contribution is 5.65. The third kappa shape index (κ3) is 4.14. The zero-order chi connectivity index (χ0) is 20.4. The number of ether oxygens (including phenoxy) is 1. The van der Waals surface area contributed by atoms with Crippen molar-refractivity contribution < 1.29 is 14.2 Å². The molecule has 0 amide bonds. The second-order valence-electron chi connectivity index (χ2n) is 7.33. The lowest BCUT2D eigenvalue weighted by atomic mass is 9.69. The van der Waals surface area contributed by atoms with Gasteiger partial charge in [0.05, 0.1) is 36.1 Å². The monoisotopic (exact) mass is 398 g/mol. The van der Waals surface area contributed by atoms with Gasteiger partial charge in [-0.05, 0) is 37.3 Å². The zero-order valence-corrected chi connectivity index (χ0v) is 16.0. The maximum absolute atomic E-state index is 15.2. The molecule has 1 atom stereocenters. The Morgan fingerprint density at radius 2 is 2.10 bits per heavy atom. The first-order valence-electron chi connectivity index (χ1n) is 9.48. The third-order valence-electron chi connectivity index (χ3n) is 5.07. The molecule has 0 saturated heterocycles. The summed E-state index contributed by atoms with van der Waals surface area (Å²) in [6.07, 6.45) is 5.83. The number of H-pyrrole nitrogens is 1. The van der Waals surface area contributed by atoms with Gasteiger partial charge in [-0.1, -0.05) is 6.07 Å². The van der Waals surface area contributed by atoms with Crippen molar-refractivity contribution in [3.8, 4) is 5.75 Å². The average Bonchev–Trinajstić information content (AvgIpc) is 3.17. The third-order valence-corrected chi connectivity index (χ3v) is 5.07. The Morgan fingerprint density at radius 1 is 1.28 bits per heavy atom. The zero-order valence-electron chi connectivity index (χ0n) is 16.0. The molecule has 1 aliphatic rings. The van der Waals surface area contributed by atoms with Gasteiger partial charge >= 0.3 is 0 Å². The molecule has 5 N–H and O–H groups in total. The van der Waals surface area contributed by atoms with Gasteiger partial charge in [-0.2, -0.15) is 5.10 Å². The summed E-state index contributed by atoms with van der Waals surface area (Å²) < 4.78 is 20.6. The molecule has 1 saturated carbocycles. The summed E-state index contributed by atoms with van der Waals surface area (Å²) in [5.74, 6) is 1.02. The molecule has 1 unspecified atom stereocenters. The lowest BCUT2D eigenvalue weighted by molar-refractivity contribution is 0.120. The minimum atomic E-state index is -0.688. The number of nitrogens with one attached hydrogen (secondary N) is 2. The van der Waals surface area contributed by atoms with E-state index in [-0.39, 0.29) is 24.2 Å². The summed E-state index contributed by atoms with van der Waals surface area (Å²) >= 11 is 0. The van der Waals surface area contributed by atoms with E-state index >= 15 is 4.39 Å². The summed E-state index contributed by atoms with van der Waals surface area (Å²) in [7, 11) is 0. The highest BCUT2D eigenvalue weighted by Gasteiger charge is 2.35. The number of aromatic amines is 1. The van der Waals surface area contributed by atoms with Crippen LogP contribution in [0.15, 0.2) is 36.8 Å². The van der Waals surface area contributed by atoms with Crippen LogP contribution in [0.4, 0.5) is 21.7 Å². The topological polar surface area (TPSA) is 122 Å². The number of nitrogens with zero attached hydrogens (tertiary/aromatic N) is 3. The molecular weight excluding hydrogens is 375 g/mol. The summed E-state index contributed by atoms with van der Waals surface area (Å²) in [5.41, 5.74) is 7.72. The van der Waals surface area contributed by atoms with Crippen molar-refractivity contribution in [2.24, 2.45) is 0 Å². The molecule has 0 spiro atoms. The highest BCUT2D eigenvalue weighted by Crippen LogP contribution is 2.50. The van der Waals surface area contributed by atoms with E-state index in [1.807, 2.05) is 6.07 Å². The van der Waals surface area contributed by atoms with Gasteiger partial charge in [0.1, 0.15) is 18.2 Å². The molecule has 29 heavy (non-hydrogen) atoms. The molecule has 8 nitrogen and oxygen atoms in total. The first-order valence-corrected chi connectivity index (χ1v) is 9.48. The second-order valence-corrected chi connectivity index (χ2v) is 7.33. The first kappa shape index (κ1) is 19.1. The van der Waals surface area contributed by atoms with E-state index in [9.17, 15) is 5.11 Å². The highest BCUT2D eigenvalue weighted by atomic mass is 19.1.